The molecule has 2 atom stereocenters. The molecule has 1 N–H and O–H groups in total. The Hall–Kier alpha value is -2.73. The molecule has 4 aliphatic heterocycles. The summed E-state index contributed by atoms with van der Waals surface area (Å²) in [7, 11) is 0. The van der Waals surface area contributed by atoms with Gasteiger partial charge in [-0.3, -0.25) is 4.90 Å². The minimum Gasteiger partial charge on any atom is -0.494 e. The van der Waals surface area contributed by atoms with Gasteiger partial charge in [-0.25, -0.2) is 4.79 Å². The molecule has 3 saturated heterocycles. The summed E-state index contributed by atoms with van der Waals surface area (Å²) in [5, 5.41) is 3.09. The highest BCUT2D eigenvalue weighted by Gasteiger charge is 2.37. The van der Waals surface area contributed by atoms with Crippen LogP contribution in [0, 0.1) is 5.92 Å². The third-order valence-corrected chi connectivity index (χ3v) is 6.68. The zero-order valence-corrected chi connectivity index (χ0v) is 18.0. The molecule has 2 aromatic rings. The monoisotopic (exact) mass is 422 g/mol. The van der Waals surface area contributed by atoms with Crippen LogP contribution in [-0.4, -0.2) is 49.9 Å². The van der Waals surface area contributed by atoms with Crippen LogP contribution in [0.15, 0.2) is 42.5 Å². The molecular weight excluding hydrogens is 392 g/mol. The van der Waals surface area contributed by atoms with E-state index in [0.717, 1.165) is 67.1 Å². The van der Waals surface area contributed by atoms with Crippen LogP contribution in [-0.2, 0) is 4.74 Å². The quantitative estimate of drug-likeness (QED) is 0.774. The number of rotatable bonds is 5. The molecule has 1 amide bonds. The van der Waals surface area contributed by atoms with Crippen LogP contribution in [0.5, 0.6) is 11.5 Å². The number of ether oxygens (including phenoxy) is 3. The lowest BCUT2D eigenvalue weighted by Crippen LogP contribution is -2.52. The van der Waals surface area contributed by atoms with Gasteiger partial charge < -0.3 is 19.5 Å². The van der Waals surface area contributed by atoms with Crippen LogP contribution in [0.1, 0.15) is 37.8 Å². The molecule has 0 saturated carbocycles. The summed E-state index contributed by atoms with van der Waals surface area (Å²) in [5.41, 5.74) is 3.15. The maximum atomic E-state index is 12.6. The second-order valence-corrected chi connectivity index (χ2v) is 8.63. The number of nitrogens with zero attached hydrogens (tertiary/aromatic N) is 1. The molecule has 6 nitrogen and oxygen atoms in total. The minimum absolute atomic E-state index is 0.0156. The fourth-order valence-electron chi connectivity index (χ4n) is 5.01. The van der Waals surface area contributed by atoms with Gasteiger partial charge in [0.2, 0.25) is 0 Å². The smallest absolute Gasteiger partial charge is 0.407 e. The van der Waals surface area contributed by atoms with Gasteiger partial charge in [-0.15, -0.1) is 0 Å². The van der Waals surface area contributed by atoms with E-state index in [1.165, 1.54) is 0 Å². The summed E-state index contributed by atoms with van der Waals surface area (Å²) in [6.45, 7) is 6.32. The number of hydrogen-bond acceptors (Lipinski definition) is 5. The van der Waals surface area contributed by atoms with Crippen molar-refractivity contribution in [2.75, 3.05) is 32.8 Å². The summed E-state index contributed by atoms with van der Waals surface area (Å²) in [6, 6.07) is 14.1. The molecule has 4 heterocycles. The molecule has 6 heteroatoms. The molecule has 2 aromatic carbocycles. The van der Waals surface area contributed by atoms with Gasteiger partial charge in [0.15, 0.2) is 0 Å². The first-order valence-electron chi connectivity index (χ1n) is 11.4. The first-order chi connectivity index (χ1) is 15.2. The van der Waals surface area contributed by atoms with Gasteiger partial charge in [0, 0.05) is 18.5 Å². The van der Waals surface area contributed by atoms with Crippen molar-refractivity contribution in [3.05, 3.63) is 48.0 Å². The Morgan fingerprint density at radius 1 is 1.13 bits per heavy atom. The van der Waals surface area contributed by atoms with E-state index in [1.54, 1.807) is 0 Å². The topological polar surface area (TPSA) is 60.0 Å². The van der Waals surface area contributed by atoms with Crippen molar-refractivity contribution in [3.8, 4) is 22.6 Å². The van der Waals surface area contributed by atoms with Crippen molar-refractivity contribution >= 4 is 6.09 Å². The molecule has 0 aliphatic carbocycles. The number of carbonyl (C=O) groups excluding carboxylic acids is 1. The van der Waals surface area contributed by atoms with Crippen LogP contribution in [0.2, 0.25) is 0 Å². The second-order valence-electron chi connectivity index (χ2n) is 8.63. The molecular formula is C25H30N2O4. The Balaban J connectivity index is 1.28. The zero-order chi connectivity index (χ0) is 21.2. The van der Waals surface area contributed by atoms with Gasteiger partial charge in [-0.05, 0) is 68.1 Å². The van der Waals surface area contributed by atoms with Crippen LogP contribution < -0.4 is 14.8 Å². The van der Waals surface area contributed by atoms with Crippen LogP contribution >= 0.6 is 0 Å². The van der Waals surface area contributed by atoms with Gasteiger partial charge >= 0.3 is 6.09 Å². The molecule has 0 radical (unpaired) electrons. The van der Waals surface area contributed by atoms with Crippen molar-refractivity contribution in [1.29, 1.82) is 0 Å². The Bertz CT molecular complexity index is 939. The van der Waals surface area contributed by atoms with Crippen LogP contribution in [0.3, 0.4) is 0 Å². The molecule has 0 aromatic heterocycles. The number of carbonyl (C=O) groups is 1. The van der Waals surface area contributed by atoms with Crippen LogP contribution in [0.4, 0.5) is 4.79 Å². The van der Waals surface area contributed by atoms with E-state index in [9.17, 15) is 4.79 Å². The Morgan fingerprint density at radius 3 is 2.74 bits per heavy atom. The van der Waals surface area contributed by atoms with Gasteiger partial charge in [0.25, 0.3) is 0 Å². The minimum atomic E-state index is -0.315. The van der Waals surface area contributed by atoms with Crippen molar-refractivity contribution in [1.82, 2.24) is 10.2 Å². The third-order valence-electron chi connectivity index (χ3n) is 6.68. The van der Waals surface area contributed by atoms with E-state index in [4.69, 9.17) is 14.2 Å². The summed E-state index contributed by atoms with van der Waals surface area (Å²) in [5.74, 6) is 2.18. The number of benzene rings is 2. The van der Waals surface area contributed by atoms with Crippen LogP contribution in [0.25, 0.3) is 11.1 Å². The molecule has 164 valence electrons. The summed E-state index contributed by atoms with van der Waals surface area (Å²) in [4.78, 5) is 15.0. The average Bonchev–Trinajstić information content (AvgIpc) is 2.80. The Kier molecular flexibility index (Phi) is 5.72. The number of nitrogens with one attached hydrogen (secondary N) is 1. The molecule has 6 rings (SSSR count). The van der Waals surface area contributed by atoms with E-state index < -0.39 is 0 Å². The van der Waals surface area contributed by atoms with Gasteiger partial charge in [-0.2, -0.15) is 0 Å². The third kappa shape index (κ3) is 4.35. The van der Waals surface area contributed by atoms with Crippen molar-refractivity contribution in [3.63, 3.8) is 0 Å². The van der Waals surface area contributed by atoms with Crippen molar-refractivity contribution in [2.45, 2.75) is 38.3 Å². The summed E-state index contributed by atoms with van der Waals surface area (Å²) < 4.78 is 17.4. The lowest BCUT2D eigenvalue weighted by atomic mass is 9.86. The first kappa shape index (κ1) is 20.2. The van der Waals surface area contributed by atoms with E-state index in [2.05, 4.69) is 28.4 Å². The standard InChI is InChI=1S/C25H30N2O4/c1-2-29-20-5-3-4-18(14-20)19-6-7-21-22(10-13-30-23(21)15-19)26-25(28)31-24-16-27-11-8-17(24)9-12-27/h3-7,14-15,17,22,24H,2,8-13,16H2,1H3,(H,26,28)/t22?,24-/m1/s1. The highest BCUT2D eigenvalue weighted by atomic mass is 16.6. The normalized spacial score (nSPS) is 26.5. The molecule has 4 aliphatic rings. The Labute approximate surface area is 183 Å². The molecule has 3 fully saturated rings. The maximum Gasteiger partial charge on any atom is 0.407 e. The maximum absolute atomic E-state index is 12.6. The van der Waals surface area contributed by atoms with E-state index in [0.29, 0.717) is 19.1 Å². The average molecular weight is 423 g/mol. The Morgan fingerprint density at radius 2 is 1.97 bits per heavy atom. The lowest BCUT2D eigenvalue weighted by Gasteiger charge is -2.44. The fourth-order valence-corrected chi connectivity index (χ4v) is 5.01. The van der Waals surface area contributed by atoms with Crippen molar-refractivity contribution < 1.29 is 19.0 Å². The molecule has 1 unspecified atom stereocenters. The summed E-state index contributed by atoms with van der Waals surface area (Å²) >= 11 is 0. The zero-order valence-electron chi connectivity index (χ0n) is 18.0. The molecule has 2 bridgehead atoms. The SMILES string of the molecule is CCOc1cccc(-c2ccc3c(c2)OCCC3NC(=O)O[C@@H]2CN3CCC2CC3)c1. The van der Waals surface area contributed by atoms with Crippen molar-refractivity contribution in [2.24, 2.45) is 5.92 Å². The van der Waals surface area contributed by atoms with E-state index in [1.807, 2.05) is 31.2 Å². The number of piperidine rings is 3. The number of amides is 1. The number of fused-ring (bicyclic) bond motifs is 4. The second kappa shape index (κ2) is 8.79. The highest BCUT2D eigenvalue weighted by molar-refractivity contribution is 5.70. The predicted molar refractivity (Wildman–Crippen MR) is 118 cm³/mol. The van der Waals surface area contributed by atoms with Gasteiger partial charge in [0.1, 0.15) is 17.6 Å². The highest BCUT2D eigenvalue weighted by Crippen LogP contribution is 2.36. The lowest BCUT2D eigenvalue weighted by molar-refractivity contribution is -0.0342. The van der Waals surface area contributed by atoms with E-state index in [-0.39, 0.29) is 18.2 Å². The largest absolute Gasteiger partial charge is 0.494 e. The van der Waals surface area contributed by atoms with Gasteiger partial charge in [0.05, 0.1) is 19.3 Å². The fraction of sp³-hybridized carbons (Fsp3) is 0.480. The van der Waals surface area contributed by atoms with E-state index >= 15 is 0 Å². The molecule has 0 spiro atoms. The molecule has 31 heavy (non-hydrogen) atoms. The summed E-state index contributed by atoms with van der Waals surface area (Å²) in [6.07, 6.45) is 2.70. The number of hydrogen-bond donors (Lipinski definition) is 1. The van der Waals surface area contributed by atoms with Gasteiger partial charge in [-0.1, -0.05) is 24.3 Å². The predicted octanol–water partition coefficient (Wildman–Crippen LogP) is 4.40. The number of alkyl carbamates (subject to hydrolysis) is 1. The first-order valence-corrected chi connectivity index (χ1v) is 11.4.